The molecular weight excluding hydrogens is 352 g/mol. The van der Waals surface area contributed by atoms with Crippen LogP contribution in [0, 0.1) is 0 Å². The molecule has 8 heteroatoms. The molecule has 1 aromatic carbocycles. The van der Waals surface area contributed by atoms with Gasteiger partial charge in [0.15, 0.2) is 0 Å². The van der Waals surface area contributed by atoms with Crippen molar-refractivity contribution < 1.29 is 13.2 Å². The Labute approximate surface area is 156 Å². The summed E-state index contributed by atoms with van der Waals surface area (Å²) in [6.45, 7) is 4.00. The molecule has 0 unspecified atom stereocenters. The Hall–Kier alpha value is -2.90. The largest absolute Gasteiger partial charge is 0.415 e. The smallest absolute Gasteiger partial charge is 0.314 e. The van der Waals surface area contributed by atoms with E-state index in [0.717, 1.165) is 19.3 Å². The summed E-state index contributed by atoms with van der Waals surface area (Å²) in [7, 11) is 0. The number of rotatable bonds is 5. The monoisotopic (exact) mass is 373 g/mol. The lowest BCUT2D eigenvalue weighted by molar-refractivity contribution is 0.116. The third kappa shape index (κ3) is 3.94. The van der Waals surface area contributed by atoms with Crippen molar-refractivity contribution in [1.82, 2.24) is 20.2 Å². The number of nitrogens with zero attached hydrogens (tertiary/aromatic N) is 4. The fourth-order valence-corrected chi connectivity index (χ4v) is 2.93. The van der Waals surface area contributed by atoms with E-state index in [1.807, 2.05) is 32.0 Å². The Bertz CT molecular complexity index is 848. The molecular formula is C19H21F2N5O. The molecule has 0 saturated heterocycles. The van der Waals surface area contributed by atoms with Gasteiger partial charge in [-0.05, 0) is 24.8 Å². The summed E-state index contributed by atoms with van der Waals surface area (Å²) < 4.78 is 29.9. The van der Waals surface area contributed by atoms with Crippen LogP contribution in [0.3, 0.4) is 0 Å². The summed E-state index contributed by atoms with van der Waals surface area (Å²) in [4.78, 5) is 8.53. The molecule has 1 N–H and O–H groups in total. The Morgan fingerprint density at radius 1 is 1.04 bits per heavy atom. The molecule has 1 fully saturated rings. The first-order valence-electron chi connectivity index (χ1n) is 8.94. The van der Waals surface area contributed by atoms with Gasteiger partial charge in [-0.2, -0.15) is 8.78 Å². The number of aromatic nitrogens is 4. The number of halogens is 2. The maximum atomic E-state index is 12.5. The van der Waals surface area contributed by atoms with Gasteiger partial charge in [-0.25, -0.2) is 9.97 Å². The van der Waals surface area contributed by atoms with E-state index < -0.39 is 12.3 Å². The second-order valence-electron chi connectivity index (χ2n) is 5.97. The van der Waals surface area contributed by atoms with E-state index in [4.69, 9.17) is 4.42 Å². The maximum Gasteiger partial charge on any atom is 0.314 e. The summed E-state index contributed by atoms with van der Waals surface area (Å²) in [6, 6.07) is 10.2. The molecule has 0 radical (unpaired) electrons. The highest BCUT2D eigenvalue weighted by Gasteiger charge is 2.39. The quantitative estimate of drug-likeness (QED) is 0.679. The zero-order valence-corrected chi connectivity index (χ0v) is 15.2. The predicted molar refractivity (Wildman–Crippen MR) is 97.2 cm³/mol. The van der Waals surface area contributed by atoms with Crippen LogP contribution in [-0.2, 0) is 5.54 Å². The van der Waals surface area contributed by atoms with Crippen LogP contribution in [0.15, 0.2) is 47.1 Å². The molecule has 4 rings (SSSR count). The average molecular weight is 373 g/mol. The van der Waals surface area contributed by atoms with Crippen molar-refractivity contribution in [2.75, 3.05) is 5.32 Å². The summed E-state index contributed by atoms with van der Waals surface area (Å²) in [5.74, 6) is -0.265. The predicted octanol–water partition coefficient (Wildman–Crippen LogP) is 4.98. The van der Waals surface area contributed by atoms with E-state index in [-0.39, 0.29) is 11.4 Å². The number of benzene rings is 1. The maximum absolute atomic E-state index is 12.5. The van der Waals surface area contributed by atoms with Gasteiger partial charge in [0.2, 0.25) is 5.95 Å². The number of alkyl halides is 2. The molecule has 0 bridgehead atoms. The van der Waals surface area contributed by atoms with E-state index in [9.17, 15) is 8.78 Å². The number of hydrogen-bond acceptors (Lipinski definition) is 6. The summed E-state index contributed by atoms with van der Waals surface area (Å²) in [5.41, 5.74) is 1.44. The van der Waals surface area contributed by atoms with Crippen molar-refractivity contribution >= 4 is 5.95 Å². The highest BCUT2D eigenvalue weighted by atomic mass is 19.3. The second-order valence-corrected chi connectivity index (χ2v) is 5.97. The lowest BCUT2D eigenvalue weighted by atomic mass is 9.72. The van der Waals surface area contributed by atoms with E-state index in [1.165, 1.54) is 18.0 Å². The molecule has 1 aliphatic rings. The minimum Gasteiger partial charge on any atom is -0.415 e. The van der Waals surface area contributed by atoms with Gasteiger partial charge < -0.3 is 9.73 Å². The lowest BCUT2D eigenvalue weighted by Gasteiger charge is -2.43. The zero-order valence-electron chi connectivity index (χ0n) is 15.2. The molecule has 2 aromatic heterocycles. The van der Waals surface area contributed by atoms with Crippen LogP contribution < -0.4 is 5.32 Å². The molecule has 0 aliphatic heterocycles. The van der Waals surface area contributed by atoms with Crippen LogP contribution in [-0.4, -0.2) is 20.2 Å². The van der Waals surface area contributed by atoms with Crippen LogP contribution in [0.2, 0.25) is 0 Å². The number of nitrogens with one attached hydrogen (secondary N) is 1. The third-order valence-corrected chi connectivity index (χ3v) is 4.41. The highest BCUT2D eigenvalue weighted by molar-refractivity contribution is 5.51. The Kier molecular flexibility index (Phi) is 5.73. The van der Waals surface area contributed by atoms with Crippen LogP contribution in [0.25, 0.3) is 11.5 Å². The first-order valence-corrected chi connectivity index (χ1v) is 8.94. The standard InChI is InChI=1S/C17H15F2N5O.C2H6/c18-13(19)15-24-23-14(25-15)11-9-20-16(21-10-11)22-17(7-4-8-17)12-5-2-1-3-6-12;1-2/h1-3,5-6,9-10,13H,4,7-8H2,(H,20,21,22);1-2H3. The first kappa shape index (κ1) is 18.9. The molecule has 0 amide bonds. The Morgan fingerprint density at radius 3 is 2.22 bits per heavy atom. The van der Waals surface area contributed by atoms with E-state index >= 15 is 0 Å². The van der Waals surface area contributed by atoms with Crippen molar-refractivity contribution in [2.45, 2.75) is 45.1 Å². The van der Waals surface area contributed by atoms with Gasteiger partial charge in [-0.15, -0.1) is 10.2 Å². The first-order chi connectivity index (χ1) is 13.2. The Balaban J connectivity index is 0.00000102. The van der Waals surface area contributed by atoms with Crippen LogP contribution in [0.1, 0.15) is 51.0 Å². The van der Waals surface area contributed by atoms with E-state index in [2.05, 4.69) is 37.6 Å². The van der Waals surface area contributed by atoms with Gasteiger partial charge in [0.1, 0.15) is 0 Å². The molecule has 6 nitrogen and oxygen atoms in total. The molecule has 27 heavy (non-hydrogen) atoms. The summed E-state index contributed by atoms with van der Waals surface area (Å²) in [5, 5.41) is 10.3. The fraction of sp³-hybridized carbons (Fsp3) is 0.368. The summed E-state index contributed by atoms with van der Waals surface area (Å²) in [6.07, 6.45) is 3.31. The van der Waals surface area contributed by atoms with Gasteiger partial charge >= 0.3 is 6.43 Å². The normalized spacial score (nSPS) is 14.9. The van der Waals surface area contributed by atoms with Gasteiger partial charge in [-0.3, -0.25) is 0 Å². The molecule has 2 heterocycles. The van der Waals surface area contributed by atoms with Crippen molar-refractivity contribution in [3.05, 3.63) is 54.2 Å². The summed E-state index contributed by atoms with van der Waals surface area (Å²) >= 11 is 0. The zero-order chi connectivity index (χ0) is 19.3. The highest BCUT2D eigenvalue weighted by Crippen LogP contribution is 2.43. The van der Waals surface area contributed by atoms with Crippen molar-refractivity contribution in [3.63, 3.8) is 0 Å². The lowest BCUT2D eigenvalue weighted by Crippen LogP contribution is -2.42. The van der Waals surface area contributed by atoms with Crippen molar-refractivity contribution in [1.29, 1.82) is 0 Å². The fourth-order valence-electron chi connectivity index (χ4n) is 2.93. The molecule has 0 spiro atoms. The van der Waals surface area contributed by atoms with Gasteiger partial charge in [-0.1, -0.05) is 44.2 Å². The average Bonchev–Trinajstić information content (AvgIpc) is 3.18. The van der Waals surface area contributed by atoms with E-state index in [0.29, 0.717) is 11.5 Å². The topological polar surface area (TPSA) is 76.7 Å². The van der Waals surface area contributed by atoms with E-state index in [1.54, 1.807) is 0 Å². The van der Waals surface area contributed by atoms with Crippen molar-refractivity contribution in [3.8, 4) is 11.5 Å². The molecule has 0 atom stereocenters. The van der Waals surface area contributed by atoms with Gasteiger partial charge in [0.25, 0.3) is 11.8 Å². The van der Waals surface area contributed by atoms with Crippen molar-refractivity contribution in [2.24, 2.45) is 0 Å². The van der Waals surface area contributed by atoms with Crippen LogP contribution in [0.4, 0.5) is 14.7 Å². The Morgan fingerprint density at radius 2 is 1.70 bits per heavy atom. The van der Waals surface area contributed by atoms with Crippen LogP contribution in [0.5, 0.6) is 0 Å². The van der Waals surface area contributed by atoms with Gasteiger partial charge in [0.05, 0.1) is 11.1 Å². The van der Waals surface area contributed by atoms with Crippen LogP contribution >= 0.6 is 0 Å². The number of anilines is 1. The number of hydrogen-bond donors (Lipinski definition) is 1. The molecule has 3 aromatic rings. The van der Waals surface area contributed by atoms with Gasteiger partial charge in [0, 0.05) is 12.4 Å². The minimum absolute atomic E-state index is 0.0248. The minimum atomic E-state index is -2.80. The molecule has 1 aliphatic carbocycles. The molecule has 142 valence electrons. The molecule has 1 saturated carbocycles. The third-order valence-electron chi connectivity index (χ3n) is 4.41. The second kappa shape index (κ2) is 8.20. The SMILES string of the molecule is CC.FC(F)c1nnc(-c2cnc(NC3(c4ccccc4)CCC3)nc2)o1.